The first kappa shape index (κ1) is 35.2. The predicted molar refractivity (Wildman–Crippen MR) is 171 cm³/mol. The van der Waals surface area contributed by atoms with Crippen LogP contribution in [-0.4, -0.2) is 59.1 Å². The number of carbonyl (C=O) groups excluding carboxylic acids is 4. The average Bonchev–Trinajstić information content (AvgIpc) is 3.47. The number of nitrogens with zero attached hydrogens (tertiary/aromatic N) is 3. The van der Waals surface area contributed by atoms with E-state index >= 15 is 0 Å². The van der Waals surface area contributed by atoms with E-state index in [1.165, 1.54) is 17.9 Å². The van der Waals surface area contributed by atoms with Gasteiger partial charge in [0.15, 0.2) is 5.69 Å². The van der Waals surface area contributed by atoms with Gasteiger partial charge in [0.25, 0.3) is 11.8 Å². The van der Waals surface area contributed by atoms with Crippen LogP contribution in [0.1, 0.15) is 53.7 Å². The van der Waals surface area contributed by atoms with E-state index in [1.807, 2.05) is 51.1 Å². The molecule has 0 aliphatic carbocycles. The van der Waals surface area contributed by atoms with Crippen molar-refractivity contribution in [1.82, 2.24) is 21.1 Å². The zero-order chi connectivity index (χ0) is 34.0. The summed E-state index contributed by atoms with van der Waals surface area (Å²) < 4.78 is 4.93. The first-order valence-electron chi connectivity index (χ1n) is 14.8. The Hall–Kier alpha value is -5.28. The van der Waals surface area contributed by atoms with E-state index in [0.717, 1.165) is 11.1 Å². The van der Waals surface area contributed by atoms with Crippen LogP contribution in [0.15, 0.2) is 70.8 Å². The van der Waals surface area contributed by atoms with Crippen LogP contribution in [0.25, 0.3) is 0 Å². The Labute approximate surface area is 268 Å². The molecule has 3 atom stereocenters. The molecule has 12 nitrogen and oxygen atoms in total. The van der Waals surface area contributed by atoms with Crippen molar-refractivity contribution in [2.24, 2.45) is 5.92 Å². The van der Waals surface area contributed by atoms with Gasteiger partial charge in [-0.25, -0.2) is 0 Å². The summed E-state index contributed by atoms with van der Waals surface area (Å²) in [5.41, 5.74) is 2.95. The fourth-order valence-electron chi connectivity index (χ4n) is 4.50. The summed E-state index contributed by atoms with van der Waals surface area (Å²) in [6, 6.07) is 15.2. The lowest BCUT2D eigenvalue weighted by Gasteiger charge is -2.25. The van der Waals surface area contributed by atoms with E-state index in [1.54, 1.807) is 44.3 Å². The van der Waals surface area contributed by atoms with Crippen molar-refractivity contribution in [2.45, 2.75) is 65.8 Å². The SMILES string of the molecule is Cc1ccc(CNC(=O)C(Cc2cccc(N(C)C(=O)C(C#N)=CC(C)C)c2)NC(=O)[C@@H](NC(=O)c2cc(C)on2)[C@@H](C)O)cc1. The van der Waals surface area contributed by atoms with Gasteiger partial charge in [0.05, 0.1) is 6.10 Å². The molecular formula is C34H40N6O6. The lowest BCUT2D eigenvalue weighted by molar-refractivity contribution is -0.131. The van der Waals surface area contributed by atoms with Gasteiger partial charge in [-0.15, -0.1) is 0 Å². The maximum absolute atomic E-state index is 13.5. The maximum atomic E-state index is 13.5. The number of aromatic nitrogens is 1. The molecule has 12 heteroatoms. The molecule has 0 spiro atoms. The molecule has 4 amide bonds. The van der Waals surface area contributed by atoms with Crippen LogP contribution in [0.5, 0.6) is 0 Å². The predicted octanol–water partition coefficient (Wildman–Crippen LogP) is 2.88. The summed E-state index contributed by atoms with van der Waals surface area (Å²) in [5.74, 6) is -2.12. The van der Waals surface area contributed by atoms with Crippen molar-refractivity contribution in [3.8, 4) is 6.07 Å². The second kappa shape index (κ2) is 16.2. The Morgan fingerprint density at radius 1 is 1.00 bits per heavy atom. The Kier molecular flexibility index (Phi) is 12.4. The molecule has 242 valence electrons. The van der Waals surface area contributed by atoms with E-state index in [9.17, 15) is 29.5 Å². The van der Waals surface area contributed by atoms with Gasteiger partial charge in [0, 0.05) is 31.8 Å². The summed E-state index contributed by atoms with van der Waals surface area (Å²) in [4.78, 5) is 54.0. The van der Waals surface area contributed by atoms with E-state index in [0.29, 0.717) is 17.0 Å². The van der Waals surface area contributed by atoms with Gasteiger partial charge in [0.2, 0.25) is 11.8 Å². The van der Waals surface area contributed by atoms with Gasteiger partial charge in [0.1, 0.15) is 29.5 Å². The highest BCUT2D eigenvalue weighted by Crippen LogP contribution is 2.19. The van der Waals surface area contributed by atoms with Crippen molar-refractivity contribution in [3.63, 3.8) is 0 Å². The van der Waals surface area contributed by atoms with Gasteiger partial charge >= 0.3 is 0 Å². The molecule has 3 aromatic rings. The van der Waals surface area contributed by atoms with Crippen LogP contribution in [0.3, 0.4) is 0 Å². The standard InChI is InChI=1S/C34H40N6O6/c1-20(2)14-26(18-35)34(45)40(6)27-9-7-8-25(16-27)17-28(31(42)36-19-24-12-10-21(3)11-13-24)37-33(44)30(23(5)41)38-32(43)29-15-22(4)46-39-29/h7-16,20,23,28,30,41H,17,19H2,1-6H3,(H,36,42)(H,37,44)(H,38,43)/t23-,28?,30+/m1/s1. The highest BCUT2D eigenvalue weighted by atomic mass is 16.5. The zero-order valence-corrected chi connectivity index (χ0v) is 26.8. The molecule has 46 heavy (non-hydrogen) atoms. The third-order valence-corrected chi connectivity index (χ3v) is 7.03. The van der Waals surface area contributed by atoms with Gasteiger partial charge in [-0.1, -0.05) is 67.0 Å². The fraction of sp³-hybridized carbons (Fsp3) is 0.353. The van der Waals surface area contributed by atoms with Crippen LogP contribution in [-0.2, 0) is 27.3 Å². The molecule has 0 fully saturated rings. The van der Waals surface area contributed by atoms with Crippen molar-refractivity contribution in [1.29, 1.82) is 5.26 Å². The molecule has 0 aliphatic heterocycles. The number of hydrogen-bond donors (Lipinski definition) is 4. The molecule has 0 bridgehead atoms. The number of rotatable bonds is 13. The molecule has 0 aliphatic rings. The van der Waals surface area contributed by atoms with Crippen LogP contribution >= 0.6 is 0 Å². The first-order chi connectivity index (χ1) is 21.8. The fourth-order valence-corrected chi connectivity index (χ4v) is 4.50. The number of allylic oxidation sites excluding steroid dienone is 1. The summed E-state index contributed by atoms with van der Waals surface area (Å²) in [7, 11) is 1.55. The number of aryl methyl sites for hydroxylation is 2. The van der Waals surface area contributed by atoms with Gasteiger partial charge in [-0.3, -0.25) is 19.2 Å². The normalized spacial score (nSPS) is 13.2. The molecule has 3 rings (SSSR count). The molecule has 1 aromatic heterocycles. The smallest absolute Gasteiger partial charge is 0.274 e. The third-order valence-electron chi connectivity index (χ3n) is 7.03. The van der Waals surface area contributed by atoms with Crippen molar-refractivity contribution < 1.29 is 28.8 Å². The number of nitriles is 1. The monoisotopic (exact) mass is 628 g/mol. The van der Waals surface area contributed by atoms with Crippen LogP contribution in [0.2, 0.25) is 0 Å². The van der Waals surface area contributed by atoms with Gasteiger partial charge in [-0.2, -0.15) is 5.26 Å². The summed E-state index contributed by atoms with van der Waals surface area (Å²) in [6.07, 6.45) is 0.287. The average molecular weight is 629 g/mol. The van der Waals surface area contributed by atoms with E-state index in [4.69, 9.17) is 4.52 Å². The lowest BCUT2D eigenvalue weighted by Crippen LogP contribution is -2.57. The quantitative estimate of drug-likeness (QED) is 0.165. The Balaban J connectivity index is 1.85. The zero-order valence-electron chi connectivity index (χ0n) is 26.8. The number of nitrogens with one attached hydrogen (secondary N) is 3. The van der Waals surface area contributed by atoms with E-state index in [2.05, 4.69) is 21.1 Å². The number of aliphatic hydroxyl groups is 1. The molecule has 0 saturated carbocycles. The van der Waals surface area contributed by atoms with Crippen molar-refractivity contribution in [3.05, 3.63) is 94.4 Å². The van der Waals surface area contributed by atoms with Gasteiger partial charge in [-0.05, 0) is 49.9 Å². The number of aliphatic hydroxyl groups excluding tert-OH is 1. The second-order valence-electron chi connectivity index (χ2n) is 11.5. The van der Waals surface area contributed by atoms with E-state index in [-0.39, 0.29) is 30.2 Å². The van der Waals surface area contributed by atoms with E-state index < -0.39 is 41.8 Å². The molecular weight excluding hydrogens is 588 g/mol. The van der Waals surface area contributed by atoms with Crippen molar-refractivity contribution in [2.75, 3.05) is 11.9 Å². The summed E-state index contributed by atoms with van der Waals surface area (Å²) in [5, 5.41) is 31.5. The minimum atomic E-state index is -1.41. The number of amides is 4. The molecule has 4 N–H and O–H groups in total. The third kappa shape index (κ3) is 9.87. The number of anilines is 1. The minimum Gasteiger partial charge on any atom is -0.391 e. The molecule has 0 radical (unpaired) electrons. The lowest BCUT2D eigenvalue weighted by atomic mass is 10.0. The highest BCUT2D eigenvalue weighted by molar-refractivity contribution is 6.08. The molecule has 1 unspecified atom stereocenters. The molecule has 2 aromatic carbocycles. The Bertz CT molecular complexity index is 1620. The van der Waals surface area contributed by atoms with Crippen molar-refractivity contribution >= 4 is 29.3 Å². The minimum absolute atomic E-state index is 0.00330. The van der Waals surface area contributed by atoms with Crippen LogP contribution in [0, 0.1) is 31.1 Å². The largest absolute Gasteiger partial charge is 0.391 e. The summed E-state index contributed by atoms with van der Waals surface area (Å²) >= 11 is 0. The topological polar surface area (TPSA) is 178 Å². The number of carbonyl (C=O) groups is 4. The molecule has 0 saturated heterocycles. The number of benzene rings is 2. The molecule has 1 heterocycles. The highest BCUT2D eigenvalue weighted by Gasteiger charge is 2.31. The Morgan fingerprint density at radius 3 is 2.28 bits per heavy atom. The van der Waals surface area contributed by atoms with Crippen LogP contribution in [0.4, 0.5) is 5.69 Å². The van der Waals surface area contributed by atoms with Gasteiger partial charge < -0.3 is 30.5 Å². The number of hydrogen-bond acceptors (Lipinski definition) is 8. The summed E-state index contributed by atoms with van der Waals surface area (Å²) in [6.45, 7) is 8.83. The first-order valence-corrected chi connectivity index (χ1v) is 14.8. The maximum Gasteiger partial charge on any atom is 0.274 e. The second-order valence-corrected chi connectivity index (χ2v) is 11.5. The number of likely N-dealkylation sites (N-methyl/N-ethyl adjacent to an activating group) is 1. The Morgan fingerprint density at radius 2 is 1.70 bits per heavy atom. The van der Waals surface area contributed by atoms with Crippen LogP contribution < -0.4 is 20.9 Å².